The molecule has 0 saturated carbocycles. The van der Waals surface area contributed by atoms with E-state index in [1.807, 2.05) is 31.2 Å². The van der Waals surface area contributed by atoms with Crippen molar-refractivity contribution in [3.05, 3.63) is 77.2 Å². The minimum Gasteiger partial charge on any atom is -0.340 e. The van der Waals surface area contributed by atoms with Gasteiger partial charge in [-0.3, -0.25) is 4.79 Å². The van der Waals surface area contributed by atoms with Gasteiger partial charge in [-0.15, -0.1) is 0 Å². The summed E-state index contributed by atoms with van der Waals surface area (Å²) in [6.07, 6.45) is -4.58. The number of nitrogens with zero attached hydrogens (tertiary/aromatic N) is 2. The zero-order valence-electron chi connectivity index (χ0n) is 15.1. The first kappa shape index (κ1) is 19.3. The van der Waals surface area contributed by atoms with Crippen LogP contribution in [0, 0.1) is 13.8 Å². The third kappa shape index (κ3) is 4.64. The van der Waals surface area contributed by atoms with E-state index in [4.69, 9.17) is 0 Å². The van der Waals surface area contributed by atoms with E-state index < -0.39 is 17.6 Å². The highest BCUT2D eigenvalue weighted by atomic mass is 19.4. The van der Waals surface area contributed by atoms with E-state index in [-0.39, 0.29) is 11.4 Å². The molecule has 1 aromatic heterocycles. The lowest BCUT2D eigenvalue weighted by atomic mass is 10.1. The zero-order valence-corrected chi connectivity index (χ0v) is 15.1. The molecule has 0 aliphatic heterocycles. The molecule has 28 heavy (non-hydrogen) atoms. The van der Waals surface area contributed by atoms with Gasteiger partial charge in [0.25, 0.3) is 5.91 Å². The van der Waals surface area contributed by atoms with E-state index in [1.54, 1.807) is 6.92 Å². The molecule has 2 aromatic carbocycles. The van der Waals surface area contributed by atoms with Crippen molar-refractivity contribution in [1.82, 2.24) is 9.97 Å². The summed E-state index contributed by atoms with van der Waals surface area (Å²) in [4.78, 5) is 20.8. The first-order chi connectivity index (χ1) is 13.2. The molecule has 0 unspecified atom stereocenters. The highest BCUT2D eigenvalue weighted by Crippen LogP contribution is 2.34. The largest absolute Gasteiger partial charge is 0.418 e. The number of aryl methyl sites for hydroxylation is 2. The van der Waals surface area contributed by atoms with Crippen molar-refractivity contribution in [1.29, 1.82) is 0 Å². The van der Waals surface area contributed by atoms with Gasteiger partial charge in [-0.1, -0.05) is 24.3 Å². The Bertz CT molecular complexity index is 1020. The smallest absolute Gasteiger partial charge is 0.340 e. The molecule has 3 aromatic rings. The highest BCUT2D eigenvalue weighted by molar-refractivity contribution is 6.03. The number of amides is 1. The summed E-state index contributed by atoms with van der Waals surface area (Å²) < 4.78 is 39.4. The summed E-state index contributed by atoms with van der Waals surface area (Å²) in [7, 11) is 0. The molecule has 0 aliphatic carbocycles. The number of carbonyl (C=O) groups excluding carboxylic acids is 1. The molecular weight excluding hydrogens is 369 g/mol. The first-order valence-electron chi connectivity index (χ1n) is 8.39. The lowest BCUT2D eigenvalue weighted by Gasteiger charge is -2.14. The van der Waals surface area contributed by atoms with Crippen LogP contribution in [-0.4, -0.2) is 15.9 Å². The lowest BCUT2D eigenvalue weighted by Crippen LogP contribution is -2.18. The fourth-order valence-corrected chi connectivity index (χ4v) is 2.64. The number of para-hydroxylation sites is 1. The van der Waals surface area contributed by atoms with Gasteiger partial charge < -0.3 is 10.6 Å². The Kier molecular flexibility index (Phi) is 5.30. The van der Waals surface area contributed by atoms with E-state index in [0.29, 0.717) is 11.6 Å². The number of carbonyl (C=O) groups is 1. The van der Waals surface area contributed by atoms with Crippen LogP contribution in [0.25, 0.3) is 0 Å². The Morgan fingerprint density at radius 2 is 1.71 bits per heavy atom. The number of hydrogen-bond donors (Lipinski definition) is 2. The Morgan fingerprint density at radius 3 is 2.43 bits per heavy atom. The van der Waals surface area contributed by atoms with E-state index in [0.717, 1.165) is 17.3 Å². The molecule has 8 heteroatoms. The number of nitrogens with one attached hydrogen (secondary N) is 2. The van der Waals surface area contributed by atoms with E-state index in [1.165, 1.54) is 24.3 Å². The summed E-state index contributed by atoms with van der Waals surface area (Å²) in [5.74, 6) is -0.0752. The molecule has 1 amide bonds. The second kappa shape index (κ2) is 7.67. The summed E-state index contributed by atoms with van der Waals surface area (Å²) >= 11 is 0. The van der Waals surface area contributed by atoms with Crippen molar-refractivity contribution in [2.24, 2.45) is 0 Å². The van der Waals surface area contributed by atoms with Crippen molar-refractivity contribution < 1.29 is 18.0 Å². The van der Waals surface area contributed by atoms with Crippen LogP contribution in [-0.2, 0) is 6.18 Å². The van der Waals surface area contributed by atoms with Crippen LogP contribution < -0.4 is 10.6 Å². The Morgan fingerprint density at radius 1 is 0.964 bits per heavy atom. The third-order valence-electron chi connectivity index (χ3n) is 3.84. The van der Waals surface area contributed by atoms with Gasteiger partial charge >= 0.3 is 6.18 Å². The number of benzene rings is 2. The van der Waals surface area contributed by atoms with Crippen molar-refractivity contribution in [2.75, 3.05) is 10.6 Å². The van der Waals surface area contributed by atoms with Crippen molar-refractivity contribution in [3.8, 4) is 0 Å². The number of aromatic nitrogens is 2. The van der Waals surface area contributed by atoms with Crippen LogP contribution in [0.1, 0.15) is 27.4 Å². The first-order valence-corrected chi connectivity index (χ1v) is 8.39. The Labute approximate surface area is 159 Å². The number of alkyl halides is 3. The maximum Gasteiger partial charge on any atom is 0.418 e. The van der Waals surface area contributed by atoms with Gasteiger partial charge in [-0.05, 0) is 43.7 Å². The topological polar surface area (TPSA) is 66.9 Å². The van der Waals surface area contributed by atoms with E-state index in [2.05, 4.69) is 20.6 Å². The SMILES string of the molecule is Cc1cccc(Nc2cc(C(=O)Nc3ccccc3C(F)(F)F)nc(C)n2)c1. The standard InChI is InChI=1S/C20H17F3N4O/c1-12-6-5-7-14(10-12)26-18-11-17(24-13(2)25-18)19(28)27-16-9-4-3-8-15(16)20(21,22)23/h3-11H,1-2H3,(H,27,28)(H,24,25,26). The average Bonchev–Trinajstić information content (AvgIpc) is 2.61. The fraction of sp³-hybridized carbons (Fsp3) is 0.150. The normalized spacial score (nSPS) is 11.2. The maximum atomic E-state index is 13.1. The molecule has 0 atom stereocenters. The van der Waals surface area contributed by atoms with Crippen molar-refractivity contribution >= 4 is 23.1 Å². The Balaban J connectivity index is 1.86. The molecule has 0 fully saturated rings. The summed E-state index contributed by atoms with van der Waals surface area (Å²) in [6, 6.07) is 13.7. The van der Waals surface area contributed by atoms with Crippen LogP contribution in [0.15, 0.2) is 54.6 Å². The predicted molar refractivity (Wildman–Crippen MR) is 101 cm³/mol. The van der Waals surface area contributed by atoms with Gasteiger partial charge in [-0.2, -0.15) is 13.2 Å². The monoisotopic (exact) mass is 386 g/mol. The van der Waals surface area contributed by atoms with Gasteiger partial charge in [0.2, 0.25) is 0 Å². The summed E-state index contributed by atoms with van der Waals surface area (Å²) in [5, 5.41) is 5.35. The minimum absolute atomic E-state index is 0.0420. The zero-order chi connectivity index (χ0) is 20.3. The highest BCUT2D eigenvalue weighted by Gasteiger charge is 2.33. The lowest BCUT2D eigenvalue weighted by molar-refractivity contribution is -0.136. The predicted octanol–water partition coefficient (Wildman–Crippen LogP) is 5.11. The van der Waals surface area contributed by atoms with Gasteiger partial charge in [0, 0.05) is 11.8 Å². The molecule has 2 N–H and O–H groups in total. The van der Waals surface area contributed by atoms with Gasteiger partial charge in [0.05, 0.1) is 11.3 Å². The summed E-state index contributed by atoms with van der Waals surface area (Å²) in [5.41, 5.74) is 0.515. The van der Waals surface area contributed by atoms with E-state index in [9.17, 15) is 18.0 Å². The van der Waals surface area contributed by atoms with Crippen LogP contribution in [0.2, 0.25) is 0 Å². The van der Waals surface area contributed by atoms with Crippen molar-refractivity contribution in [2.45, 2.75) is 20.0 Å². The van der Waals surface area contributed by atoms with Crippen LogP contribution in [0.3, 0.4) is 0 Å². The van der Waals surface area contributed by atoms with Gasteiger partial charge in [0.15, 0.2) is 0 Å². The second-order valence-corrected chi connectivity index (χ2v) is 6.18. The molecular formula is C20H17F3N4O. The molecule has 1 heterocycles. The maximum absolute atomic E-state index is 13.1. The van der Waals surface area contributed by atoms with E-state index >= 15 is 0 Å². The molecule has 0 radical (unpaired) electrons. The quantitative estimate of drug-likeness (QED) is 0.654. The van der Waals surface area contributed by atoms with Gasteiger partial charge in [-0.25, -0.2) is 9.97 Å². The van der Waals surface area contributed by atoms with Gasteiger partial charge in [0.1, 0.15) is 17.3 Å². The molecule has 144 valence electrons. The number of anilines is 3. The van der Waals surface area contributed by atoms with Crippen LogP contribution in [0.4, 0.5) is 30.4 Å². The molecule has 0 aliphatic rings. The number of hydrogen-bond acceptors (Lipinski definition) is 4. The Hall–Kier alpha value is -3.42. The molecule has 3 rings (SSSR count). The second-order valence-electron chi connectivity index (χ2n) is 6.18. The fourth-order valence-electron chi connectivity index (χ4n) is 2.64. The van der Waals surface area contributed by atoms with Crippen molar-refractivity contribution in [3.63, 3.8) is 0 Å². The molecule has 0 spiro atoms. The van der Waals surface area contributed by atoms with Crippen LogP contribution >= 0.6 is 0 Å². The minimum atomic E-state index is -4.58. The van der Waals surface area contributed by atoms with Crippen LogP contribution in [0.5, 0.6) is 0 Å². The summed E-state index contributed by atoms with van der Waals surface area (Å²) in [6.45, 7) is 3.54. The molecule has 0 bridgehead atoms. The molecule has 0 saturated heterocycles. The third-order valence-corrected chi connectivity index (χ3v) is 3.84. The number of halogens is 3. The molecule has 5 nitrogen and oxygen atoms in total. The average molecular weight is 386 g/mol. The number of rotatable bonds is 4.